The quantitative estimate of drug-likeness (QED) is 0.802. The number of benzene rings is 1. The van der Waals surface area contributed by atoms with Gasteiger partial charge < -0.3 is 10.1 Å². The summed E-state index contributed by atoms with van der Waals surface area (Å²) in [5, 5.41) is 8.10. The third kappa shape index (κ3) is 3.80. The number of rotatable bonds is 5. The summed E-state index contributed by atoms with van der Waals surface area (Å²) in [6.45, 7) is 2.59. The lowest BCUT2D eigenvalue weighted by molar-refractivity contribution is 0.129. The SMILES string of the molecule is COC(C)CNc1ccc(S(N)(=O)=O)cc1. The van der Waals surface area contributed by atoms with Crippen molar-refractivity contribution >= 4 is 15.7 Å². The number of sulfonamides is 1. The Balaban J connectivity index is 2.66. The van der Waals surface area contributed by atoms with E-state index in [4.69, 9.17) is 9.88 Å². The molecule has 0 aliphatic heterocycles. The monoisotopic (exact) mass is 244 g/mol. The molecule has 0 bridgehead atoms. The summed E-state index contributed by atoms with van der Waals surface area (Å²) in [4.78, 5) is 0.109. The molecule has 0 amide bonds. The summed E-state index contributed by atoms with van der Waals surface area (Å²) < 4.78 is 27.1. The lowest BCUT2D eigenvalue weighted by Crippen LogP contribution is -2.18. The molecule has 16 heavy (non-hydrogen) atoms. The molecule has 6 heteroatoms. The van der Waals surface area contributed by atoms with Crippen molar-refractivity contribution in [2.45, 2.75) is 17.9 Å². The van der Waals surface area contributed by atoms with Gasteiger partial charge in [-0.1, -0.05) is 0 Å². The first-order valence-corrected chi connectivity index (χ1v) is 6.37. The topological polar surface area (TPSA) is 81.4 Å². The van der Waals surface area contributed by atoms with Crippen LogP contribution in [0.3, 0.4) is 0 Å². The zero-order valence-electron chi connectivity index (χ0n) is 9.30. The standard InChI is InChI=1S/C10H16N2O3S/c1-8(15-2)7-12-9-3-5-10(6-4-9)16(11,13)14/h3-6,8,12H,7H2,1-2H3,(H2,11,13,14). The van der Waals surface area contributed by atoms with Gasteiger partial charge in [0.25, 0.3) is 0 Å². The van der Waals surface area contributed by atoms with Crippen LogP contribution in [0.15, 0.2) is 29.2 Å². The normalized spacial score (nSPS) is 13.4. The second-order valence-corrected chi connectivity index (χ2v) is 5.06. The zero-order chi connectivity index (χ0) is 12.2. The van der Waals surface area contributed by atoms with Crippen molar-refractivity contribution in [2.75, 3.05) is 19.0 Å². The van der Waals surface area contributed by atoms with Gasteiger partial charge in [0.05, 0.1) is 11.0 Å². The molecule has 0 aromatic heterocycles. The van der Waals surface area contributed by atoms with Crippen LogP contribution in [0, 0.1) is 0 Å². The molecule has 0 radical (unpaired) electrons. The highest BCUT2D eigenvalue weighted by Crippen LogP contribution is 2.12. The fraction of sp³-hybridized carbons (Fsp3) is 0.400. The van der Waals surface area contributed by atoms with Gasteiger partial charge in [-0.25, -0.2) is 13.6 Å². The fourth-order valence-corrected chi connectivity index (χ4v) is 1.62. The fourth-order valence-electron chi connectivity index (χ4n) is 1.11. The molecule has 0 heterocycles. The number of primary sulfonamides is 1. The Bertz CT molecular complexity index is 428. The van der Waals surface area contributed by atoms with Crippen molar-refractivity contribution in [3.05, 3.63) is 24.3 Å². The molecule has 0 fully saturated rings. The van der Waals surface area contributed by atoms with E-state index in [1.165, 1.54) is 12.1 Å². The third-order valence-corrected chi connectivity index (χ3v) is 3.11. The third-order valence-electron chi connectivity index (χ3n) is 2.18. The van der Waals surface area contributed by atoms with Gasteiger partial charge in [-0.05, 0) is 31.2 Å². The molecule has 0 aliphatic carbocycles. The van der Waals surface area contributed by atoms with Crippen molar-refractivity contribution in [3.63, 3.8) is 0 Å². The van der Waals surface area contributed by atoms with E-state index in [0.29, 0.717) is 6.54 Å². The number of nitrogens with two attached hydrogens (primary N) is 1. The zero-order valence-corrected chi connectivity index (χ0v) is 10.1. The molecule has 1 rings (SSSR count). The molecule has 1 aromatic rings. The number of methoxy groups -OCH3 is 1. The number of hydrogen-bond acceptors (Lipinski definition) is 4. The van der Waals surface area contributed by atoms with E-state index < -0.39 is 10.0 Å². The molecule has 1 aromatic carbocycles. The van der Waals surface area contributed by atoms with Crippen LogP contribution in [0.5, 0.6) is 0 Å². The number of hydrogen-bond donors (Lipinski definition) is 2. The molecule has 0 saturated heterocycles. The van der Waals surface area contributed by atoms with Gasteiger partial charge in [-0.15, -0.1) is 0 Å². The maximum absolute atomic E-state index is 11.0. The molecular weight excluding hydrogens is 228 g/mol. The maximum atomic E-state index is 11.0. The van der Waals surface area contributed by atoms with Crippen molar-refractivity contribution in [1.29, 1.82) is 0 Å². The molecule has 5 nitrogen and oxygen atoms in total. The van der Waals surface area contributed by atoms with Crippen LogP contribution in [0.4, 0.5) is 5.69 Å². The van der Waals surface area contributed by atoms with Gasteiger partial charge in [-0.3, -0.25) is 0 Å². The highest BCUT2D eigenvalue weighted by Gasteiger charge is 2.06. The maximum Gasteiger partial charge on any atom is 0.238 e. The first kappa shape index (κ1) is 13.0. The van der Waals surface area contributed by atoms with E-state index in [-0.39, 0.29) is 11.0 Å². The highest BCUT2D eigenvalue weighted by atomic mass is 32.2. The second-order valence-electron chi connectivity index (χ2n) is 3.50. The minimum atomic E-state index is -3.61. The first-order chi connectivity index (χ1) is 7.43. The molecule has 0 spiro atoms. The summed E-state index contributed by atoms with van der Waals surface area (Å²) in [7, 11) is -1.97. The lowest BCUT2D eigenvalue weighted by atomic mass is 10.3. The Labute approximate surface area is 95.7 Å². The van der Waals surface area contributed by atoms with Crippen LogP contribution in [0.2, 0.25) is 0 Å². The second kappa shape index (κ2) is 5.29. The molecule has 0 aliphatic rings. The van der Waals surface area contributed by atoms with E-state index in [2.05, 4.69) is 5.32 Å². The number of ether oxygens (including phenoxy) is 1. The molecule has 0 saturated carbocycles. The molecule has 1 unspecified atom stereocenters. The van der Waals surface area contributed by atoms with Crippen molar-refractivity contribution in [1.82, 2.24) is 0 Å². The van der Waals surface area contributed by atoms with Gasteiger partial charge >= 0.3 is 0 Å². The minimum absolute atomic E-state index is 0.0953. The first-order valence-electron chi connectivity index (χ1n) is 4.83. The van der Waals surface area contributed by atoms with Crippen molar-refractivity contribution in [2.24, 2.45) is 5.14 Å². The lowest BCUT2D eigenvalue weighted by Gasteiger charge is -2.11. The van der Waals surface area contributed by atoms with E-state index in [1.807, 2.05) is 6.92 Å². The number of anilines is 1. The average molecular weight is 244 g/mol. The van der Waals surface area contributed by atoms with Gasteiger partial charge in [-0.2, -0.15) is 0 Å². The van der Waals surface area contributed by atoms with Crippen LogP contribution in [-0.2, 0) is 14.8 Å². The molecule has 3 N–H and O–H groups in total. The van der Waals surface area contributed by atoms with E-state index in [0.717, 1.165) is 5.69 Å². The molecule has 90 valence electrons. The van der Waals surface area contributed by atoms with Gasteiger partial charge in [0.1, 0.15) is 0 Å². The van der Waals surface area contributed by atoms with E-state index >= 15 is 0 Å². The van der Waals surface area contributed by atoms with Gasteiger partial charge in [0.2, 0.25) is 10.0 Å². The number of nitrogens with one attached hydrogen (secondary N) is 1. The van der Waals surface area contributed by atoms with Crippen LogP contribution in [0.1, 0.15) is 6.92 Å². The Morgan fingerprint density at radius 2 is 1.94 bits per heavy atom. The summed E-state index contributed by atoms with van der Waals surface area (Å²) in [5.41, 5.74) is 0.830. The van der Waals surface area contributed by atoms with Gasteiger partial charge in [0.15, 0.2) is 0 Å². The van der Waals surface area contributed by atoms with Crippen molar-refractivity contribution < 1.29 is 13.2 Å². The Hall–Kier alpha value is -1.11. The molecule has 1 atom stereocenters. The van der Waals surface area contributed by atoms with Crippen LogP contribution in [0.25, 0.3) is 0 Å². The Morgan fingerprint density at radius 3 is 2.38 bits per heavy atom. The van der Waals surface area contributed by atoms with Crippen LogP contribution >= 0.6 is 0 Å². The van der Waals surface area contributed by atoms with Gasteiger partial charge in [0, 0.05) is 19.3 Å². The van der Waals surface area contributed by atoms with Crippen LogP contribution in [-0.4, -0.2) is 28.2 Å². The largest absolute Gasteiger partial charge is 0.382 e. The van der Waals surface area contributed by atoms with Crippen molar-refractivity contribution in [3.8, 4) is 0 Å². The Morgan fingerprint density at radius 1 is 1.38 bits per heavy atom. The summed E-state index contributed by atoms with van der Waals surface area (Å²) >= 11 is 0. The summed E-state index contributed by atoms with van der Waals surface area (Å²) in [6.07, 6.45) is 0.0953. The summed E-state index contributed by atoms with van der Waals surface area (Å²) in [6, 6.07) is 6.27. The predicted molar refractivity (Wildman–Crippen MR) is 62.8 cm³/mol. The Kier molecular flexibility index (Phi) is 4.28. The predicted octanol–water partition coefficient (Wildman–Crippen LogP) is 0.781. The minimum Gasteiger partial charge on any atom is -0.382 e. The highest BCUT2D eigenvalue weighted by molar-refractivity contribution is 7.89. The van der Waals surface area contributed by atoms with E-state index in [9.17, 15) is 8.42 Å². The van der Waals surface area contributed by atoms with E-state index in [1.54, 1.807) is 19.2 Å². The van der Waals surface area contributed by atoms with Crippen LogP contribution < -0.4 is 10.5 Å². The summed E-state index contributed by atoms with van der Waals surface area (Å²) in [5.74, 6) is 0. The smallest absolute Gasteiger partial charge is 0.238 e. The molecular formula is C10H16N2O3S. The average Bonchev–Trinajstić information content (AvgIpc) is 2.25.